The smallest absolute Gasteiger partial charge is 0.229 e. The minimum atomic E-state index is -0.379. The average molecular weight is 484 g/mol. The Labute approximate surface area is 212 Å². The van der Waals surface area contributed by atoms with Gasteiger partial charge in [-0.25, -0.2) is 0 Å². The van der Waals surface area contributed by atoms with E-state index in [9.17, 15) is 9.59 Å². The Balaban J connectivity index is 1.20. The topological polar surface area (TPSA) is 78.4 Å². The number of benzene rings is 2. The predicted octanol–water partition coefficient (Wildman–Crippen LogP) is 5.13. The summed E-state index contributed by atoms with van der Waals surface area (Å²) in [4.78, 5) is 29.6. The van der Waals surface area contributed by atoms with Gasteiger partial charge in [0, 0.05) is 43.0 Å². The number of hydrogen-bond acceptors (Lipinski definition) is 5. The van der Waals surface area contributed by atoms with Crippen LogP contribution in [-0.2, 0) is 9.59 Å². The molecular weight excluding hydrogens is 450 g/mol. The molecule has 1 unspecified atom stereocenters. The second kappa shape index (κ2) is 10.5. The van der Waals surface area contributed by atoms with Crippen LogP contribution < -0.4 is 15.1 Å². The van der Waals surface area contributed by atoms with E-state index in [1.807, 2.05) is 68.4 Å². The minimum absolute atomic E-state index is 0.0176. The van der Waals surface area contributed by atoms with Crippen LogP contribution in [0.4, 0.5) is 17.2 Å². The van der Waals surface area contributed by atoms with Gasteiger partial charge in [0.25, 0.3) is 0 Å². The maximum absolute atomic E-state index is 12.9. The van der Waals surface area contributed by atoms with E-state index in [1.165, 1.54) is 31.2 Å². The maximum atomic E-state index is 12.9. The molecule has 0 bridgehead atoms. The summed E-state index contributed by atoms with van der Waals surface area (Å²) in [5.41, 5.74) is 5.62. The summed E-state index contributed by atoms with van der Waals surface area (Å²) in [6, 6.07) is 17.6. The monoisotopic (exact) mass is 483 g/mol. The molecule has 2 aliphatic heterocycles. The molecule has 0 saturated carbocycles. The fourth-order valence-electron chi connectivity index (χ4n) is 4.94. The van der Waals surface area contributed by atoms with Gasteiger partial charge in [-0.3, -0.25) is 9.59 Å². The molecule has 2 aliphatic rings. The molecule has 1 N–H and O–H groups in total. The SMILES string of the molecule is Cc1ccc(N2CC(C(=O)Nc3ccc(-c4ccc(N5CCCCCC5)nn4)cc3)CC2=O)cc1C. The lowest BCUT2D eigenvalue weighted by Crippen LogP contribution is -2.28. The van der Waals surface area contributed by atoms with E-state index in [0.717, 1.165) is 41.4 Å². The first kappa shape index (κ1) is 24.0. The zero-order valence-electron chi connectivity index (χ0n) is 21.0. The number of nitrogens with zero attached hydrogens (tertiary/aromatic N) is 4. The highest BCUT2D eigenvalue weighted by molar-refractivity contribution is 6.03. The largest absolute Gasteiger partial charge is 0.355 e. The Bertz CT molecular complexity index is 1230. The third kappa shape index (κ3) is 5.25. The lowest BCUT2D eigenvalue weighted by atomic mass is 10.1. The first-order chi connectivity index (χ1) is 17.5. The van der Waals surface area contributed by atoms with Crippen molar-refractivity contribution in [3.05, 3.63) is 65.7 Å². The molecule has 1 aromatic heterocycles. The zero-order valence-corrected chi connectivity index (χ0v) is 21.0. The van der Waals surface area contributed by atoms with Crippen LogP contribution >= 0.6 is 0 Å². The Morgan fingerprint density at radius 3 is 2.31 bits per heavy atom. The van der Waals surface area contributed by atoms with E-state index in [-0.39, 0.29) is 24.2 Å². The van der Waals surface area contributed by atoms with Crippen LogP contribution in [0.25, 0.3) is 11.3 Å². The van der Waals surface area contributed by atoms with Crippen LogP contribution in [0.5, 0.6) is 0 Å². The van der Waals surface area contributed by atoms with Crippen LogP contribution in [0.2, 0.25) is 0 Å². The molecule has 3 aromatic rings. The summed E-state index contributed by atoms with van der Waals surface area (Å²) < 4.78 is 0. The van der Waals surface area contributed by atoms with Crippen LogP contribution in [0.1, 0.15) is 43.2 Å². The number of amides is 2. The lowest BCUT2D eigenvalue weighted by Gasteiger charge is -2.20. The van der Waals surface area contributed by atoms with Gasteiger partial charge in [-0.1, -0.05) is 31.0 Å². The number of carbonyl (C=O) groups is 2. The van der Waals surface area contributed by atoms with Gasteiger partial charge in [-0.05, 0) is 74.2 Å². The van der Waals surface area contributed by atoms with Gasteiger partial charge >= 0.3 is 0 Å². The summed E-state index contributed by atoms with van der Waals surface area (Å²) in [5, 5.41) is 11.9. The Hall–Kier alpha value is -3.74. The van der Waals surface area contributed by atoms with E-state index in [2.05, 4.69) is 20.4 Å². The number of anilines is 3. The molecule has 3 heterocycles. The minimum Gasteiger partial charge on any atom is -0.355 e. The number of hydrogen-bond donors (Lipinski definition) is 1. The number of aromatic nitrogens is 2. The van der Waals surface area contributed by atoms with E-state index in [0.29, 0.717) is 12.2 Å². The highest BCUT2D eigenvalue weighted by Crippen LogP contribution is 2.28. The maximum Gasteiger partial charge on any atom is 0.229 e. The quantitative estimate of drug-likeness (QED) is 0.544. The van der Waals surface area contributed by atoms with E-state index < -0.39 is 0 Å². The van der Waals surface area contributed by atoms with Crippen molar-refractivity contribution < 1.29 is 9.59 Å². The van der Waals surface area contributed by atoms with Crippen molar-refractivity contribution in [2.45, 2.75) is 46.0 Å². The van der Waals surface area contributed by atoms with Crippen LogP contribution in [0, 0.1) is 19.8 Å². The second-order valence-corrected chi connectivity index (χ2v) is 9.92. The summed E-state index contributed by atoms with van der Waals surface area (Å²) in [6.45, 7) is 6.55. The third-order valence-electron chi connectivity index (χ3n) is 7.33. The summed E-state index contributed by atoms with van der Waals surface area (Å²) in [5.74, 6) is 0.404. The van der Waals surface area contributed by atoms with E-state index >= 15 is 0 Å². The van der Waals surface area contributed by atoms with E-state index in [1.54, 1.807) is 4.90 Å². The number of carbonyl (C=O) groups excluding carboxylic acids is 2. The molecule has 2 amide bonds. The molecule has 7 heteroatoms. The van der Waals surface area contributed by atoms with Gasteiger partial charge < -0.3 is 15.1 Å². The summed E-state index contributed by atoms with van der Waals surface area (Å²) >= 11 is 0. The van der Waals surface area contributed by atoms with Gasteiger partial charge in [0.15, 0.2) is 5.82 Å². The van der Waals surface area contributed by atoms with E-state index in [4.69, 9.17) is 0 Å². The van der Waals surface area contributed by atoms with Crippen LogP contribution in [0.15, 0.2) is 54.6 Å². The summed E-state index contributed by atoms with van der Waals surface area (Å²) in [6.07, 6.45) is 5.19. The van der Waals surface area contributed by atoms with Gasteiger partial charge in [-0.15, -0.1) is 10.2 Å². The number of rotatable bonds is 5. The molecule has 186 valence electrons. The van der Waals surface area contributed by atoms with Gasteiger partial charge in [0.05, 0.1) is 11.6 Å². The molecule has 0 radical (unpaired) electrons. The highest BCUT2D eigenvalue weighted by Gasteiger charge is 2.35. The summed E-state index contributed by atoms with van der Waals surface area (Å²) in [7, 11) is 0. The Morgan fingerprint density at radius 1 is 0.889 bits per heavy atom. The van der Waals surface area contributed by atoms with Gasteiger partial charge in [0.2, 0.25) is 11.8 Å². The van der Waals surface area contributed by atoms with Gasteiger partial charge in [-0.2, -0.15) is 0 Å². The molecular formula is C29H33N5O2. The highest BCUT2D eigenvalue weighted by atomic mass is 16.2. The van der Waals surface area contributed by atoms with Crippen LogP contribution in [-0.4, -0.2) is 41.6 Å². The third-order valence-corrected chi connectivity index (χ3v) is 7.33. The van der Waals surface area contributed by atoms with Crippen molar-refractivity contribution in [2.75, 3.05) is 34.8 Å². The van der Waals surface area contributed by atoms with Crippen molar-refractivity contribution in [3.8, 4) is 11.3 Å². The van der Waals surface area contributed by atoms with Gasteiger partial charge in [0.1, 0.15) is 0 Å². The van der Waals surface area contributed by atoms with Crippen LogP contribution in [0.3, 0.4) is 0 Å². The molecule has 7 nitrogen and oxygen atoms in total. The number of aryl methyl sites for hydroxylation is 2. The van der Waals surface area contributed by atoms with Crippen molar-refractivity contribution >= 4 is 29.0 Å². The fraction of sp³-hybridized carbons (Fsp3) is 0.379. The molecule has 0 aliphatic carbocycles. The molecule has 0 spiro atoms. The molecule has 5 rings (SSSR count). The Morgan fingerprint density at radius 2 is 1.64 bits per heavy atom. The molecule has 2 saturated heterocycles. The first-order valence-corrected chi connectivity index (χ1v) is 12.9. The molecule has 1 atom stereocenters. The standard InChI is InChI=1S/C29H33N5O2/c1-20-7-12-25(17-21(20)2)34-19-23(18-28(34)35)29(36)30-24-10-8-22(9-11-24)26-13-14-27(32-31-26)33-15-5-3-4-6-16-33/h7-14,17,23H,3-6,15-16,18-19H2,1-2H3,(H,30,36). The molecule has 2 fully saturated rings. The zero-order chi connectivity index (χ0) is 25.1. The molecule has 2 aromatic carbocycles. The van der Waals surface area contributed by atoms with Crippen molar-refractivity contribution in [3.63, 3.8) is 0 Å². The van der Waals surface area contributed by atoms with Crippen molar-refractivity contribution in [1.29, 1.82) is 0 Å². The van der Waals surface area contributed by atoms with Crippen molar-refractivity contribution in [1.82, 2.24) is 10.2 Å². The normalized spacial score (nSPS) is 18.3. The second-order valence-electron chi connectivity index (χ2n) is 9.92. The molecule has 36 heavy (non-hydrogen) atoms. The van der Waals surface area contributed by atoms with Crippen molar-refractivity contribution in [2.24, 2.45) is 5.92 Å². The predicted molar refractivity (Wildman–Crippen MR) is 143 cm³/mol. The number of nitrogens with one attached hydrogen (secondary N) is 1. The fourth-order valence-corrected chi connectivity index (χ4v) is 4.94. The average Bonchev–Trinajstić information content (AvgIpc) is 3.09. The first-order valence-electron chi connectivity index (χ1n) is 12.9. The Kier molecular flexibility index (Phi) is 6.98. The lowest BCUT2D eigenvalue weighted by molar-refractivity contribution is -0.122.